The molecule has 0 saturated heterocycles. The van der Waals surface area contributed by atoms with Crippen molar-refractivity contribution < 1.29 is 28.9 Å². The number of esters is 1. The van der Waals surface area contributed by atoms with Gasteiger partial charge in [0.05, 0.1) is 6.61 Å². The maximum absolute atomic E-state index is 12.0. The molecule has 0 amide bonds. The fraction of sp³-hybridized carbons (Fsp3) is 0.360. The van der Waals surface area contributed by atoms with Crippen molar-refractivity contribution in [2.75, 3.05) is 19.7 Å². The molecule has 0 fully saturated rings. The highest BCUT2D eigenvalue weighted by atomic mass is 16.5. The van der Waals surface area contributed by atoms with Crippen LogP contribution in [0.1, 0.15) is 29.7 Å². The standard InChI is InChI=1S/C25H30N6O6/c1-2-35-24(34)22-29-12-19(21(26)30-22)36-17-6-4-15(5-7-17)20(23(32)33)37-18-8-3-14-9-10-31(25(27)28)13-16(14)11-18/h3-8,11,19-20,22,29H,2,9-10,12-13H2,1H3,(H2,26,30)(H3,27,28)(H,32,33). The Morgan fingerprint density at radius 3 is 2.59 bits per heavy atom. The normalized spacial score (nSPS) is 19.7. The lowest BCUT2D eigenvalue weighted by atomic mass is 9.99. The number of benzene rings is 2. The molecule has 0 radical (unpaired) electrons. The third kappa shape index (κ3) is 6.09. The van der Waals surface area contributed by atoms with Crippen molar-refractivity contribution in [2.24, 2.45) is 16.5 Å². The minimum atomic E-state index is -1.24. The van der Waals surface area contributed by atoms with E-state index < -0.39 is 30.3 Å². The quantitative estimate of drug-likeness (QED) is 0.193. The first kappa shape index (κ1) is 25.8. The minimum absolute atomic E-state index is 0.00135. The number of ether oxygens (including phenoxy) is 3. The van der Waals surface area contributed by atoms with Crippen LogP contribution in [0.3, 0.4) is 0 Å². The Hall–Kier alpha value is -4.32. The van der Waals surface area contributed by atoms with E-state index in [9.17, 15) is 14.7 Å². The molecule has 3 atom stereocenters. The SMILES string of the molecule is CCOC(=O)C1N=C(N)C(Oc2ccc(C(Oc3ccc4c(c3)CN(C(=N)N)CC4)C(=O)O)cc2)CN1. The number of hydrogen-bond donors (Lipinski definition) is 5. The molecule has 4 rings (SSSR count). The molecule has 37 heavy (non-hydrogen) atoms. The number of rotatable bonds is 8. The number of nitrogens with one attached hydrogen (secondary N) is 2. The van der Waals surface area contributed by atoms with Gasteiger partial charge in [-0.15, -0.1) is 0 Å². The van der Waals surface area contributed by atoms with Gasteiger partial charge in [0.15, 0.2) is 12.1 Å². The summed E-state index contributed by atoms with van der Waals surface area (Å²) in [4.78, 5) is 29.7. The van der Waals surface area contributed by atoms with Gasteiger partial charge in [-0.1, -0.05) is 18.2 Å². The third-order valence-corrected chi connectivity index (χ3v) is 6.08. The van der Waals surface area contributed by atoms with Gasteiger partial charge in [-0.25, -0.2) is 14.6 Å². The molecule has 2 aliphatic heterocycles. The van der Waals surface area contributed by atoms with Crippen LogP contribution in [0.5, 0.6) is 11.5 Å². The highest BCUT2D eigenvalue weighted by Gasteiger charge is 2.29. The van der Waals surface area contributed by atoms with Crippen LogP contribution < -0.4 is 26.3 Å². The minimum Gasteiger partial charge on any atom is -0.481 e. The van der Waals surface area contributed by atoms with Crippen molar-refractivity contribution in [2.45, 2.75) is 38.3 Å². The predicted octanol–water partition coefficient (Wildman–Crippen LogP) is 0.740. The Labute approximate surface area is 213 Å². The van der Waals surface area contributed by atoms with E-state index >= 15 is 0 Å². The summed E-state index contributed by atoms with van der Waals surface area (Å²) >= 11 is 0. The van der Waals surface area contributed by atoms with Gasteiger partial charge < -0.3 is 35.7 Å². The summed E-state index contributed by atoms with van der Waals surface area (Å²) in [5, 5.41) is 20.4. The summed E-state index contributed by atoms with van der Waals surface area (Å²) in [7, 11) is 0. The Bertz CT molecular complexity index is 1200. The predicted molar refractivity (Wildman–Crippen MR) is 134 cm³/mol. The molecule has 2 aromatic carbocycles. The number of fused-ring (bicyclic) bond motifs is 1. The Morgan fingerprint density at radius 1 is 1.22 bits per heavy atom. The number of carboxylic acids is 1. The maximum atomic E-state index is 12.0. The van der Waals surface area contributed by atoms with E-state index in [-0.39, 0.29) is 24.9 Å². The summed E-state index contributed by atoms with van der Waals surface area (Å²) < 4.78 is 16.7. The van der Waals surface area contributed by atoms with Gasteiger partial charge in [0, 0.05) is 25.2 Å². The summed E-state index contributed by atoms with van der Waals surface area (Å²) in [5.74, 6) is -0.643. The summed E-state index contributed by atoms with van der Waals surface area (Å²) in [6.07, 6.45) is -1.97. The lowest BCUT2D eigenvalue weighted by Gasteiger charge is -2.29. The highest BCUT2D eigenvalue weighted by molar-refractivity contribution is 5.89. The number of amidine groups is 1. The lowest BCUT2D eigenvalue weighted by molar-refractivity contribution is -0.146. The number of aliphatic imine (C=N–C) groups is 1. The van der Waals surface area contributed by atoms with Crippen molar-refractivity contribution >= 4 is 23.7 Å². The van der Waals surface area contributed by atoms with Crippen LogP contribution in [0.2, 0.25) is 0 Å². The van der Waals surface area contributed by atoms with Gasteiger partial charge >= 0.3 is 11.9 Å². The zero-order valence-electron chi connectivity index (χ0n) is 20.3. The number of carbonyl (C=O) groups is 2. The fourth-order valence-corrected chi connectivity index (χ4v) is 4.16. The number of aliphatic carboxylic acids is 1. The monoisotopic (exact) mass is 510 g/mol. The van der Waals surface area contributed by atoms with E-state index in [1.165, 1.54) is 0 Å². The summed E-state index contributed by atoms with van der Waals surface area (Å²) in [6.45, 7) is 3.33. The molecule has 0 aliphatic carbocycles. The van der Waals surface area contributed by atoms with Gasteiger partial charge in [0.25, 0.3) is 0 Å². The number of nitrogens with two attached hydrogens (primary N) is 2. The molecule has 2 aromatic rings. The number of nitrogens with zero attached hydrogens (tertiary/aromatic N) is 2. The number of guanidine groups is 1. The Balaban J connectivity index is 1.43. The van der Waals surface area contributed by atoms with Gasteiger partial charge in [0.2, 0.25) is 12.3 Å². The molecule has 196 valence electrons. The van der Waals surface area contributed by atoms with E-state index in [1.807, 2.05) is 6.07 Å². The van der Waals surface area contributed by atoms with Crippen molar-refractivity contribution in [3.63, 3.8) is 0 Å². The molecule has 3 unspecified atom stereocenters. The second-order valence-electron chi connectivity index (χ2n) is 8.62. The molecule has 12 heteroatoms. The van der Waals surface area contributed by atoms with Crippen LogP contribution >= 0.6 is 0 Å². The van der Waals surface area contributed by atoms with Crippen molar-refractivity contribution in [1.29, 1.82) is 5.41 Å². The number of carbonyl (C=O) groups excluding carboxylic acids is 1. The van der Waals surface area contributed by atoms with Gasteiger partial charge in [-0.05, 0) is 48.7 Å². The number of hydrogen-bond acceptors (Lipinski definition) is 9. The second-order valence-corrected chi connectivity index (χ2v) is 8.62. The van der Waals surface area contributed by atoms with E-state index in [1.54, 1.807) is 48.2 Å². The first-order valence-corrected chi connectivity index (χ1v) is 11.8. The van der Waals surface area contributed by atoms with Crippen molar-refractivity contribution in [1.82, 2.24) is 10.2 Å². The zero-order valence-corrected chi connectivity index (χ0v) is 20.3. The molecule has 0 bridgehead atoms. The van der Waals surface area contributed by atoms with Crippen LogP contribution in [0.4, 0.5) is 0 Å². The van der Waals surface area contributed by atoms with E-state index in [2.05, 4.69) is 10.3 Å². The average molecular weight is 511 g/mol. The molecule has 2 aliphatic rings. The molecule has 12 nitrogen and oxygen atoms in total. The van der Waals surface area contributed by atoms with Crippen LogP contribution in [0.25, 0.3) is 0 Å². The lowest BCUT2D eigenvalue weighted by Crippen LogP contribution is -2.53. The fourth-order valence-electron chi connectivity index (χ4n) is 4.16. The maximum Gasteiger partial charge on any atom is 0.349 e. The topological polar surface area (TPSA) is 186 Å². The van der Waals surface area contributed by atoms with Crippen LogP contribution in [0.15, 0.2) is 47.5 Å². The van der Waals surface area contributed by atoms with Crippen LogP contribution in [-0.4, -0.2) is 65.7 Å². The Kier molecular flexibility index (Phi) is 7.77. The number of carboxylic acid groups (broad SMARTS) is 1. The van der Waals surface area contributed by atoms with Gasteiger partial charge in [-0.3, -0.25) is 10.7 Å². The summed E-state index contributed by atoms with van der Waals surface area (Å²) in [6, 6.07) is 11.9. The molecular weight excluding hydrogens is 480 g/mol. The Morgan fingerprint density at radius 2 is 1.95 bits per heavy atom. The summed E-state index contributed by atoms with van der Waals surface area (Å²) in [5.41, 5.74) is 14.1. The van der Waals surface area contributed by atoms with Crippen molar-refractivity contribution in [3.05, 3.63) is 59.2 Å². The van der Waals surface area contributed by atoms with Crippen LogP contribution in [0, 0.1) is 5.41 Å². The molecular formula is C25H30N6O6. The zero-order chi connectivity index (χ0) is 26.5. The first-order valence-electron chi connectivity index (χ1n) is 11.8. The van der Waals surface area contributed by atoms with Crippen molar-refractivity contribution in [3.8, 4) is 11.5 Å². The van der Waals surface area contributed by atoms with E-state index in [0.29, 0.717) is 30.2 Å². The molecule has 0 saturated carbocycles. The first-order chi connectivity index (χ1) is 17.7. The van der Waals surface area contributed by atoms with Crippen LogP contribution in [-0.2, 0) is 27.3 Å². The van der Waals surface area contributed by atoms with Gasteiger partial charge in [0.1, 0.15) is 17.3 Å². The van der Waals surface area contributed by atoms with Gasteiger partial charge in [-0.2, -0.15) is 0 Å². The second kappa shape index (κ2) is 11.2. The smallest absolute Gasteiger partial charge is 0.349 e. The third-order valence-electron chi connectivity index (χ3n) is 6.08. The molecule has 7 N–H and O–H groups in total. The largest absolute Gasteiger partial charge is 0.481 e. The molecule has 0 aromatic heterocycles. The average Bonchev–Trinajstić information content (AvgIpc) is 2.88. The van der Waals surface area contributed by atoms with E-state index in [4.69, 9.17) is 31.1 Å². The van der Waals surface area contributed by atoms with E-state index in [0.717, 1.165) is 17.5 Å². The molecule has 0 spiro atoms. The molecule has 2 heterocycles. The highest BCUT2D eigenvalue weighted by Crippen LogP contribution is 2.29.